The fraction of sp³-hybridized carbons (Fsp3) is 0.467. The van der Waals surface area contributed by atoms with E-state index < -0.39 is 0 Å². The topological polar surface area (TPSA) is 60.2 Å². The number of hydrogen-bond acceptors (Lipinski definition) is 5. The second kappa shape index (κ2) is 7.56. The summed E-state index contributed by atoms with van der Waals surface area (Å²) in [5.41, 5.74) is 1.10. The van der Waals surface area contributed by atoms with Crippen molar-refractivity contribution in [3.63, 3.8) is 0 Å². The predicted octanol–water partition coefficient (Wildman–Crippen LogP) is 3.64. The Hall–Kier alpha value is -1.40. The second-order valence-electron chi connectivity index (χ2n) is 4.71. The van der Waals surface area contributed by atoms with E-state index in [1.807, 2.05) is 19.1 Å². The van der Waals surface area contributed by atoms with Crippen molar-refractivity contribution in [1.29, 1.82) is 0 Å². The SMILES string of the molecule is CCNC(C)c1cc(Br)ccc1OCc1nc(CC)no1. The first-order valence-corrected chi connectivity index (χ1v) is 7.90. The highest BCUT2D eigenvalue weighted by molar-refractivity contribution is 9.10. The monoisotopic (exact) mass is 353 g/mol. The van der Waals surface area contributed by atoms with Crippen molar-refractivity contribution in [1.82, 2.24) is 15.5 Å². The summed E-state index contributed by atoms with van der Waals surface area (Å²) < 4.78 is 12.0. The molecular formula is C15H20BrN3O2. The van der Waals surface area contributed by atoms with Gasteiger partial charge in [-0.3, -0.25) is 0 Å². The van der Waals surface area contributed by atoms with Crippen molar-refractivity contribution in [2.75, 3.05) is 6.54 Å². The molecule has 0 spiro atoms. The lowest BCUT2D eigenvalue weighted by atomic mass is 10.1. The zero-order chi connectivity index (χ0) is 15.2. The summed E-state index contributed by atoms with van der Waals surface area (Å²) in [6.07, 6.45) is 0.754. The van der Waals surface area contributed by atoms with Crippen LogP contribution in [0.3, 0.4) is 0 Å². The van der Waals surface area contributed by atoms with Gasteiger partial charge in [0.25, 0.3) is 5.89 Å². The molecule has 1 aromatic carbocycles. The molecule has 1 heterocycles. The summed E-state index contributed by atoms with van der Waals surface area (Å²) in [4.78, 5) is 4.24. The lowest BCUT2D eigenvalue weighted by Gasteiger charge is -2.17. The minimum absolute atomic E-state index is 0.205. The van der Waals surface area contributed by atoms with Crippen LogP contribution < -0.4 is 10.1 Å². The van der Waals surface area contributed by atoms with Crippen molar-refractivity contribution in [2.24, 2.45) is 0 Å². The van der Waals surface area contributed by atoms with Crippen molar-refractivity contribution < 1.29 is 9.26 Å². The molecule has 0 saturated carbocycles. The average Bonchev–Trinajstić information content (AvgIpc) is 2.94. The fourth-order valence-electron chi connectivity index (χ4n) is 2.04. The van der Waals surface area contributed by atoms with Gasteiger partial charge in [0.05, 0.1) is 0 Å². The van der Waals surface area contributed by atoms with Crippen molar-refractivity contribution in [2.45, 2.75) is 39.8 Å². The highest BCUT2D eigenvalue weighted by Gasteiger charge is 2.13. The molecule has 21 heavy (non-hydrogen) atoms. The Morgan fingerprint density at radius 3 is 2.86 bits per heavy atom. The average molecular weight is 354 g/mol. The van der Waals surface area contributed by atoms with Crippen molar-refractivity contribution in [3.05, 3.63) is 40.0 Å². The molecule has 0 bridgehead atoms. The van der Waals surface area contributed by atoms with Gasteiger partial charge in [-0.15, -0.1) is 0 Å². The highest BCUT2D eigenvalue weighted by atomic mass is 79.9. The number of aryl methyl sites for hydroxylation is 1. The number of rotatable bonds is 7. The molecule has 1 unspecified atom stereocenters. The number of nitrogens with one attached hydrogen (secondary N) is 1. The summed E-state index contributed by atoms with van der Waals surface area (Å²) in [5, 5.41) is 7.25. The normalized spacial score (nSPS) is 12.4. The maximum atomic E-state index is 5.85. The van der Waals surface area contributed by atoms with Gasteiger partial charge in [-0.2, -0.15) is 4.98 Å². The maximum absolute atomic E-state index is 5.85. The van der Waals surface area contributed by atoms with Gasteiger partial charge < -0.3 is 14.6 Å². The number of benzene rings is 1. The molecule has 2 rings (SSSR count). The van der Waals surface area contributed by atoms with Gasteiger partial charge in [-0.05, 0) is 31.7 Å². The van der Waals surface area contributed by atoms with E-state index in [-0.39, 0.29) is 12.6 Å². The van der Waals surface area contributed by atoms with E-state index in [1.54, 1.807) is 0 Å². The zero-order valence-electron chi connectivity index (χ0n) is 12.5. The lowest BCUT2D eigenvalue weighted by molar-refractivity contribution is 0.239. The van der Waals surface area contributed by atoms with E-state index in [1.165, 1.54) is 0 Å². The summed E-state index contributed by atoms with van der Waals surface area (Å²) >= 11 is 3.50. The van der Waals surface area contributed by atoms with Crippen LogP contribution in [0.15, 0.2) is 27.2 Å². The van der Waals surface area contributed by atoms with Crippen LogP contribution in [0.1, 0.15) is 44.1 Å². The Kier molecular flexibility index (Phi) is 5.76. The minimum atomic E-state index is 0.205. The van der Waals surface area contributed by atoms with E-state index in [0.717, 1.165) is 28.8 Å². The van der Waals surface area contributed by atoms with Crippen LogP contribution >= 0.6 is 15.9 Å². The predicted molar refractivity (Wildman–Crippen MR) is 84.2 cm³/mol. The third-order valence-electron chi connectivity index (χ3n) is 3.13. The first-order chi connectivity index (χ1) is 10.1. The van der Waals surface area contributed by atoms with Crippen molar-refractivity contribution >= 4 is 15.9 Å². The molecule has 0 aliphatic rings. The fourth-order valence-corrected chi connectivity index (χ4v) is 2.42. The van der Waals surface area contributed by atoms with Gasteiger partial charge in [-0.25, -0.2) is 0 Å². The molecule has 2 aromatic rings. The van der Waals surface area contributed by atoms with Crippen LogP contribution in [0.4, 0.5) is 0 Å². The standard InChI is InChI=1S/C15H20BrN3O2/c1-4-14-18-15(21-19-14)9-20-13-7-6-11(16)8-12(13)10(3)17-5-2/h6-8,10,17H,4-5,9H2,1-3H3. The Morgan fingerprint density at radius 2 is 2.19 bits per heavy atom. The molecule has 0 radical (unpaired) electrons. The van der Waals surface area contributed by atoms with Crippen LogP contribution in [-0.2, 0) is 13.0 Å². The Bertz CT molecular complexity index is 586. The Morgan fingerprint density at radius 1 is 1.38 bits per heavy atom. The number of aromatic nitrogens is 2. The molecule has 1 N–H and O–H groups in total. The summed E-state index contributed by atoms with van der Waals surface area (Å²) in [5.74, 6) is 2.02. The third-order valence-corrected chi connectivity index (χ3v) is 3.62. The van der Waals surface area contributed by atoms with Crippen LogP contribution in [-0.4, -0.2) is 16.7 Å². The summed E-state index contributed by atoms with van der Waals surface area (Å²) in [7, 11) is 0. The Balaban J connectivity index is 2.11. The minimum Gasteiger partial charge on any atom is -0.483 e. The third kappa shape index (κ3) is 4.28. The van der Waals surface area contributed by atoms with E-state index >= 15 is 0 Å². The lowest BCUT2D eigenvalue weighted by Crippen LogP contribution is -2.18. The molecule has 6 heteroatoms. The molecule has 114 valence electrons. The number of hydrogen-bond donors (Lipinski definition) is 1. The van der Waals surface area contributed by atoms with E-state index in [4.69, 9.17) is 9.26 Å². The molecule has 0 aliphatic heterocycles. The second-order valence-corrected chi connectivity index (χ2v) is 5.62. The van der Waals surface area contributed by atoms with E-state index in [0.29, 0.717) is 11.7 Å². The molecular weight excluding hydrogens is 334 g/mol. The quantitative estimate of drug-likeness (QED) is 0.823. The largest absolute Gasteiger partial charge is 0.483 e. The van der Waals surface area contributed by atoms with E-state index in [2.05, 4.69) is 51.3 Å². The molecule has 5 nitrogen and oxygen atoms in total. The first kappa shape index (κ1) is 16.0. The van der Waals surface area contributed by atoms with Crippen LogP contribution in [0.2, 0.25) is 0 Å². The maximum Gasteiger partial charge on any atom is 0.264 e. The molecule has 1 atom stereocenters. The van der Waals surface area contributed by atoms with Crippen LogP contribution in [0.5, 0.6) is 5.75 Å². The molecule has 0 aliphatic carbocycles. The number of nitrogens with zero attached hydrogens (tertiary/aromatic N) is 2. The number of halogens is 1. The molecule has 0 saturated heterocycles. The molecule has 0 fully saturated rings. The Labute approximate surface area is 133 Å². The van der Waals surface area contributed by atoms with Gasteiger partial charge >= 0.3 is 0 Å². The van der Waals surface area contributed by atoms with Crippen LogP contribution in [0.25, 0.3) is 0 Å². The van der Waals surface area contributed by atoms with Gasteiger partial charge in [0.15, 0.2) is 12.4 Å². The highest BCUT2D eigenvalue weighted by Crippen LogP contribution is 2.29. The van der Waals surface area contributed by atoms with Crippen LogP contribution in [0, 0.1) is 0 Å². The molecule has 0 amide bonds. The number of ether oxygens (including phenoxy) is 1. The smallest absolute Gasteiger partial charge is 0.264 e. The summed E-state index contributed by atoms with van der Waals surface area (Å²) in [6.45, 7) is 7.36. The molecule has 1 aromatic heterocycles. The van der Waals surface area contributed by atoms with Gasteiger partial charge in [-0.1, -0.05) is 34.9 Å². The van der Waals surface area contributed by atoms with Crippen molar-refractivity contribution in [3.8, 4) is 5.75 Å². The van der Waals surface area contributed by atoms with Gasteiger partial charge in [0.2, 0.25) is 0 Å². The van der Waals surface area contributed by atoms with Gasteiger partial charge in [0.1, 0.15) is 5.75 Å². The first-order valence-electron chi connectivity index (χ1n) is 7.11. The zero-order valence-corrected chi connectivity index (χ0v) is 14.1. The van der Waals surface area contributed by atoms with E-state index in [9.17, 15) is 0 Å². The summed E-state index contributed by atoms with van der Waals surface area (Å²) in [6, 6.07) is 6.18. The van der Waals surface area contributed by atoms with Gasteiger partial charge in [0, 0.05) is 22.5 Å².